The highest BCUT2D eigenvalue weighted by atomic mass is 19.1. The van der Waals surface area contributed by atoms with Gasteiger partial charge in [0.1, 0.15) is 5.82 Å². The molecule has 1 saturated heterocycles. The first kappa shape index (κ1) is 15.5. The molecule has 0 bridgehead atoms. The van der Waals surface area contributed by atoms with Crippen LogP contribution in [0.3, 0.4) is 0 Å². The van der Waals surface area contributed by atoms with E-state index in [9.17, 15) is 14.5 Å². The number of rotatable bonds is 3. The van der Waals surface area contributed by atoms with Gasteiger partial charge in [0.05, 0.1) is 29.9 Å². The summed E-state index contributed by atoms with van der Waals surface area (Å²) in [5, 5.41) is 10.8. The third-order valence-corrected chi connectivity index (χ3v) is 4.15. The van der Waals surface area contributed by atoms with Crippen molar-refractivity contribution in [1.82, 2.24) is 4.90 Å². The molecule has 0 N–H and O–H groups in total. The number of anilines is 1. The molecule has 0 amide bonds. The lowest BCUT2D eigenvalue weighted by atomic mass is 10.0. The van der Waals surface area contributed by atoms with Gasteiger partial charge >= 0.3 is 0 Å². The standard InChI is InChI=1S/C16H18FN3O3/c1-18-10-14(20(21)22)6-7-15(18)16-11-19(8-9-23-16)13-4-2-12(17)3-5-13/h2-7,10,15-16H,8-9,11H2,1H3. The van der Waals surface area contributed by atoms with Gasteiger partial charge in [-0.15, -0.1) is 0 Å². The second-order valence-electron chi connectivity index (χ2n) is 5.66. The van der Waals surface area contributed by atoms with Crippen molar-refractivity contribution in [1.29, 1.82) is 0 Å². The summed E-state index contributed by atoms with van der Waals surface area (Å²) >= 11 is 0. The maximum absolute atomic E-state index is 13.1. The minimum absolute atomic E-state index is 0.0648. The zero-order valence-electron chi connectivity index (χ0n) is 12.8. The molecule has 2 aliphatic rings. The summed E-state index contributed by atoms with van der Waals surface area (Å²) < 4.78 is 18.9. The van der Waals surface area contributed by atoms with Gasteiger partial charge in [0.15, 0.2) is 0 Å². The Kier molecular flexibility index (Phi) is 4.29. The molecule has 2 heterocycles. The Labute approximate surface area is 133 Å². The van der Waals surface area contributed by atoms with Gasteiger partial charge < -0.3 is 14.5 Å². The van der Waals surface area contributed by atoms with Crippen LogP contribution < -0.4 is 4.90 Å². The Morgan fingerprint density at radius 3 is 2.74 bits per heavy atom. The molecule has 2 unspecified atom stereocenters. The molecular weight excluding hydrogens is 301 g/mol. The number of halogens is 1. The lowest BCUT2D eigenvalue weighted by Crippen LogP contribution is -2.51. The molecular formula is C16H18FN3O3. The Bertz CT molecular complexity index is 644. The highest BCUT2D eigenvalue weighted by molar-refractivity contribution is 5.47. The zero-order chi connectivity index (χ0) is 16.4. The van der Waals surface area contributed by atoms with Crippen molar-refractivity contribution in [3.8, 4) is 0 Å². The van der Waals surface area contributed by atoms with Crippen LogP contribution in [0.5, 0.6) is 0 Å². The quantitative estimate of drug-likeness (QED) is 0.630. The molecule has 0 aliphatic carbocycles. The number of likely N-dealkylation sites (N-methyl/N-ethyl adjacent to an activating group) is 1. The summed E-state index contributed by atoms with van der Waals surface area (Å²) in [6.07, 6.45) is 4.73. The summed E-state index contributed by atoms with van der Waals surface area (Å²) in [6, 6.07) is 6.32. The molecule has 0 aromatic heterocycles. The maximum Gasteiger partial charge on any atom is 0.284 e. The Balaban J connectivity index is 1.71. The van der Waals surface area contributed by atoms with Gasteiger partial charge in [-0.1, -0.05) is 6.08 Å². The van der Waals surface area contributed by atoms with E-state index in [2.05, 4.69) is 4.90 Å². The van der Waals surface area contributed by atoms with Gasteiger partial charge in [-0.25, -0.2) is 4.39 Å². The van der Waals surface area contributed by atoms with Crippen molar-refractivity contribution >= 4 is 5.69 Å². The first-order chi connectivity index (χ1) is 11.0. The fourth-order valence-electron chi connectivity index (χ4n) is 2.93. The number of ether oxygens (including phenoxy) is 1. The average Bonchev–Trinajstić information content (AvgIpc) is 2.55. The maximum atomic E-state index is 13.1. The molecule has 1 fully saturated rings. The molecule has 7 heteroatoms. The second-order valence-corrected chi connectivity index (χ2v) is 5.66. The molecule has 3 rings (SSSR count). The average molecular weight is 319 g/mol. The molecule has 122 valence electrons. The minimum atomic E-state index is -0.407. The first-order valence-electron chi connectivity index (χ1n) is 7.43. The summed E-state index contributed by atoms with van der Waals surface area (Å²) in [5.41, 5.74) is 1.01. The summed E-state index contributed by atoms with van der Waals surface area (Å²) in [5.74, 6) is -0.258. The van der Waals surface area contributed by atoms with Crippen molar-refractivity contribution in [2.75, 3.05) is 31.6 Å². The van der Waals surface area contributed by atoms with E-state index >= 15 is 0 Å². The van der Waals surface area contributed by atoms with Crippen molar-refractivity contribution in [2.45, 2.75) is 12.1 Å². The SMILES string of the molecule is CN1C=C([N+](=O)[O-])C=CC1C1CN(c2ccc(F)cc2)CCO1. The summed E-state index contributed by atoms with van der Waals surface area (Å²) in [4.78, 5) is 14.4. The van der Waals surface area contributed by atoms with E-state index in [0.29, 0.717) is 13.2 Å². The fourth-order valence-corrected chi connectivity index (χ4v) is 2.93. The van der Waals surface area contributed by atoms with Gasteiger partial charge in [-0.3, -0.25) is 10.1 Å². The van der Waals surface area contributed by atoms with Crippen LogP contribution in [0.2, 0.25) is 0 Å². The molecule has 2 aliphatic heterocycles. The zero-order valence-corrected chi connectivity index (χ0v) is 12.8. The highest BCUT2D eigenvalue weighted by Crippen LogP contribution is 2.23. The normalized spacial score (nSPS) is 24.5. The van der Waals surface area contributed by atoms with Crippen LogP contribution >= 0.6 is 0 Å². The Morgan fingerprint density at radius 2 is 2.09 bits per heavy atom. The van der Waals surface area contributed by atoms with Crippen LogP contribution in [0.4, 0.5) is 10.1 Å². The number of morpholine rings is 1. The van der Waals surface area contributed by atoms with Gasteiger partial charge in [-0.2, -0.15) is 0 Å². The van der Waals surface area contributed by atoms with E-state index in [1.807, 2.05) is 0 Å². The van der Waals surface area contributed by atoms with Crippen molar-refractivity contribution in [3.05, 3.63) is 64.2 Å². The molecule has 0 radical (unpaired) electrons. The third kappa shape index (κ3) is 3.34. The number of hydrogen-bond donors (Lipinski definition) is 0. The number of nitro groups is 1. The van der Waals surface area contributed by atoms with E-state index in [-0.39, 0.29) is 23.7 Å². The van der Waals surface area contributed by atoms with Crippen LogP contribution in [0.25, 0.3) is 0 Å². The number of benzene rings is 1. The Hall–Kier alpha value is -2.41. The predicted molar refractivity (Wildman–Crippen MR) is 84.1 cm³/mol. The largest absolute Gasteiger partial charge is 0.372 e. The fraction of sp³-hybridized carbons (Fsp3) is 0.375. The van der Waals surface area contributed by atoms with Crippen LogP contribution in [0.1, 0.15) is 0 Å². The lowest BCUT2D eigenvalue weighted by Gasteiger charge is -2.40. The van der Waals surface area contributed by atoms with Crippen LogP contribution in [0.15, 0.2) is 48.3 Å². The number of allylic oxidation sites excluding steroid dienone is 1. The molecule has 6 nitrogen and oxygen atoms in total. The van der Waals surface area contributed by atoms with Gasteiger partial charge in [0.25, 0.3) is 5.70 Å². The highest BCUT2D eigenvalue weighted by Gasteiger charge is 2.31. The minimum Gasteiger partial charge on any atom is -0.372 e. The van der Waals surface area contributed by atoms with Gasteiger partial charge in [0, 0.05) is 31.9 Å². The van der Waals surface area contributed by atoms with Crippen LogP contribution in [0, 0.1) is 15.9 Å². The first-order valence-corrected chi connectivity index (χ1v) is 7.43. The lowest BCUT2D eigenvalue weighted by molar-refractivity contribution is -0.420. The third-order valence-electron chi connectivity index (χ3n) is 4.15. The van der Waals surface area contributed by atoms with Gasteiger partial charge in [0.2, 0.25) is 0 Å². The predicted octanol–water partition coefficient (Wildman–Crippen LogP) is 2.02. The van der Waals surface area contributed by atoms with E-state index in [1.54, 1.807) is 30.2 Å². The van der Waals surface area contributed by atoms with Gasteiger partial charge in [-0.05, 0) is 24.3 Å². The monoisotopic (exact) mass is 319 g/mol. The van der Waals surface area contributed by atoms with E-state index < -0.39 is 4.92 Å². The molecule has 1 aromatic rings. The number of hydrogen-bond acceptors (Lipinski definition) is 5. The van der Waals surface area contributed by atoms with Crippen molar-refractivity contribution in [3.63, 3.8) is 0 Å². The molecule has 2 atom stereocenters. The van der Waals surface area contributed by atoms with Crippen molar-refractivity contribution < 1.29 is 14.1 Å². The number of nitrogens with zero attached hydrogens (tertiary/aromatic N) is 3. The van der Waals surface area contributed by atoms with Crippen molar-refractivity contribution in [2.24, 2.45) is 0 Å². The summed E-state index contributed by atoms with van der Waals surface area (Å²) in [6.45, 7) is 1.94. The smallest absolute Gasteiger partial charge is 0.284 e. The van der Waals surface area contributed by atoms with Crippen LogP contribution in [-0.2, 0) is 4.74 Å². The molecule has 1 aromatic carbocycles. The van der Waals surface area contributed by atoms with E-state index in [0.717, 1.165) is 12.2 Å². The topological polar surface area (TPSA) is 58.8 Å². The molecule has 0 saturated carbocycles. The van der Waals surface area contributed by atoms with Crippen LogP contribution in [-0.4, -0.2) is 48.7 Å². The van der Waals surface area contributed by atoms with E-state index in [1.165, 1.54) is 24.4 Å². The molecule has 23 heavy (non-hydrogen) atoms. The Morgan fingerprint density at radius 1 is 1.35 bits per heavy atom. The second kappa shape index (κ2) is 6.37. The summed E-state index contributed by atoms with van der Waals surface area (Å²) in [7, 11) is 1.80. The van der Waals surface area contributed by atoms with E-state index in [4.69, 9.17) is 4.74 Å². The molecule has 0 spiro atoms.